The van der Waals surface area contributed by atoms with E-state index in [2.05, 4.69) is 46.4 Å². The van der Waals surface area contributed by atoms with E-state index in [0.717, 1.165) is 50.6 Å². The van der Waals surface area contributed by atoms with Gasteiger partial charge in [0, 0.05) is 39.5 Å². The number of ether oxygens (including phenoxy) is 1. The predicted octanol–water partition coefficient (Wildman–Crippen LogP) is 4.27. The third kappa shape index (κ3) is 6.72. The minimum atomic E-state index is 0. The van der Waals surface area contributed by atoms with Gasteiger partial charge in [0.1, 0.15) is 11.9 Å². The number of hydrogen-bond donors (Lipinski definition) is 1. The molecule has 0 amide bonds. The van der Waals surface area contributed by atoms with Gasteiger partial charge in [-0.1, -0.05) is 48.0 Å². The third-order valence-electron chi connectivity index (χ3n) is 4.78. The number of para-hydroxylation sites is 1. The molecule has 0 spiro atoms. The van der Waals surface area contributed by atoms with Crippen LogP contribution in [0.3, 0.4) is 0 Å². The quantitative estimate of drug-likeness (QED) is 0.396. The molecule has 1 fully saturated rings. The summed E-state index contributed by atoms with van der Waals surface area (Å²) in [6.45, 7) is 4.98. The highest BCUT2D eigenvalue weighted by molar-refractivity contribution is 14.0. The van der Waals surface area contributed by atoms with Crippen molar-refractivity contribution in [2.45, 2.75) is 32.3 Å². The molecule has 27 heavy (non-hydrogen) atoms. The van der Waals surface area contributed by atoms with Gasteiger partial charge in [-0.25, -0.2) is 0 Å². The fourth-order valence-corrected chi connectivity index (χ4v) is 3.40. The largest absolute Gasteiger partial charge is 0.490 e. The second kappa shape index (κ2) is 11.2. The number of aryl methyl sites for hydroxylation is 1. The Hall–Kier alpha value is -1.76. The van der Waals surface area contributed by atoms with Gasteiger partial charge in [-0.3, -0.25) is 4.99 Å². The maximum Gasteiger partial charge on any atom is 0.193 e. The Morgan fingerprint density at radius 1 is 1.11 bits per heavy atom. The number of likely N-dealkylation sites (tertiary alicyclic amines) is 1. The van der Waals surface area contributed by atoms with Gasteiger partial charge < -0.3 is 15.0 Å². The molecule has 0 radical (unpaired) electrons. The van der Waals surface area contributed by atoms with Crippen LogP contribution in [-0.2, 0) is 6.42 Å². The Morgan fingerprint density at radius 3 is 2.52 bits per heavy atom. The number of benzene rings is 2. The van der Waals surface area contributed by atoms with Crippen LogP contribution in [0.2, 0.25) is 0 Å². The molecule has 0 bridgehead atoms. The van der Waals surface area contributed by atoms with Crippen molar-refractivity contribution in [2.75, 3.05) is 26.7 Å². The van der Waals surface area contributed by atoms with Gasteiger partial charge in [0.05, 0.1) is 0 Å². The van der Waals surface area contributed by atoms with Crippen LogP contribution in [0, 0.1) is 6.92 Å². The van der Waals surface area contributed by atoms with Crippen molar-refractivity contribution >= 4 is 29.9 Å². The number of aliphatic imine (C=N–C) groups is 1. The SMILES string of the molecule is CN=C(NCCc1cccc(C)c1)N1CCC(Oc2ccccc2)CC1.I. The molecule has 1 saturated heterocycles. The van der Waals surface area contributed by atoms with Gasteiger partial charge in [0.15, 0.2) is 5.96 Å². The Labute approximate surface area is 180 Å². The molecule has 0 aromatic heterocycles. The van der Waals surface area contributed by atoms with Crippen LogP contribution in [-0.4, -0.2) is 43.6 Å². The van der Waals surface area contributed by atoms with E-state index in [1.165, 1.54) is 11.1 Å². The average Bonchev–Trinajstić information content (AvgIpc) is 2.67. The van der Waals surface area contributed by atoms with E-state index in [4.69, 9.17) is 4.74 Å². The van der Waals surface area contributed by atoms with Crippen LogP contribution >= 0.6 is 24.0 Å². The Bertz CT molecular complexity index is 713. The number of guanidine groups is 1. The van der Waals surface area contributed by atoms with Crippen molar-refractivity contribution in [1.29, 1.82) is 0 Å². The number of nitrogens with zero attached hydrogens (tertiary/aromatic N) is 2. The van der Waals surface area contributed by atoms with Gasteiger partial charge in [-0.15, -0.1) is 24.0 Å². The summed E-state index contributed by atoms with van der Waals surface area (Å²) in [5, 5.41) is 3.51. The lowest BCUT2D eigenvalue weighted by Crippen LogP contribution is -2.47. The van der Waals surface area contributed by atoms with Crippen LogP contribution in [0.1, 0.15) is 24.0 Å². The smallest absolute Gasteiger partial charge is 0.193 e. The molecule has 1 aliphatic rings. The van der Waals surface area contributed by atoms with Crippen molar-refractivity contribution in [3.8, 4) is 5.75 Å². The Balaban J connectivity index is 0.00000261. The molecule has 5 heteroatoms. The summed E-state index contributed by atoms with van der Waals surface area (Å²) in [5.74, 6) is 1.96. The summed E-state index contributed by atoms with van der Waals surface area (Å²) < 4.78 is 6.08. The lowest BCUT2D eigenvalue weighted by Gasteiger charge is -2.34. The summed E-state index contributed by atoms with van der Waals surface area (Å²) in [5.41, 5.74) is 2.68. The lowest BCUT2D eigenvalue weighted by molar-refractivity contribution is 0.129. The highest BCUT2D eigenvalue weighted by atomic mass is 127. The first-order valence-electron chi connectivity index (χ1n) is 9.47. The van der Waals surface area contributed by atoms with Crippen LogP contribution < -0.4 is 10.1 Å². The molecule has 0 saturated carbocycles. The fraction of sp³-hybridized carbons (Fsp3) is 0.409. The Kier molecular flexibility index (Phi) is 8.91. The topological polar surface area (TPSA) is 36.9 Å². The molecule has 2 aromatic rings. The summed E-state index contributed by atoms with van der Waals surface area (Å²) in [4.78, 5) is 6.79. The minimum Gasteiger partial charge on any atom is -0.490 e. The van der Waals surface area contributed by atoms with Crippen molar-refractivity contribution in [2.24, 2.45) is 4.99 Å². The molecular formula is C22H30IN3O. The lowest BCUT2D eigenvalue weighted by atomic mass is 10.1. The van der Waals surface area contributed by atoms with E-state index < -0.39 is 0 Å². The number of rotatable bonds is 5. The van der Waals surface area contributed by atoms with Crippen molar-refractivity contribution in [3.63, 3.8) is 0 Å². The number of nitrogens with one attached hydrogen (secondary N) is 1. The molecule has 2 aromatic carbocycles. The van der Waals surface area contributed by atoms with Crippen molar-refractivity contribution in [3.05, 3.63) is 65.7 Å². The molecule has 1 aliphatic heterocycles. The maximum absolute atomic E-state index is 6.08. The predicted molar refractivity (Wildman–Crippen MR) is 123 cm³/mol. The molecule has 0 atom stereocenters. The second-order valence-corrected chi connectivity index (χ2v) is 6.83. The van der Waals surface area contributed by atoms with Crippen molar-refractivity contribution in [1.82, 2.24) is 10.2 Å². The number of piperidine rings is 1. The zero-order valence-electron chi connectivity index (χ0n) is 16.2. The normalized spacial score (nSPS) is 15.2. The first kappa shape index (κ1) is 21.5. The van der Waals surface area contributed by atoms with Gasteiger partial charge in [-0.2, -0.15) is 0 Å². The second-order valence-electron chi connectivity index (χ2n) is 6.83. The zero-order valence-corrected chi connectivity index (χ0v) is 18.6. The molecule has 0 unspecified atom stereocenters. The van der Waals surface area contributed by atoms with Crippen LogP contribution in [0.5, 0.6) is 5.75 Å². The molecule has 146 valence electrons. The molecular weight excluding hydrogens is 449 g/mol. The van der Waals surface area contributed by atoms with Gasteiger partial charge in [0.2, 0.25) is 0 Å². The molecule has 1 heterocycles. The average molecular weight is 479 g/mol. The zero-order chi connectivity index (χ0) is 18.2. The monoisotopic (exact) mass is 479 g/mol. The highest BCUT2D eigenvalue weighted by Crippen LogP contribution is 2.18. The fourth-order valence-electron chi connectivity index (χ4n) is 3.40. The van der Waals surface area contributed by atoms with Crippen LogP contribution in [0.4, 0.5) is 0 Å². The van der Waals surface area contributed by atoms with E-state index in [1.807, 2.05) is 37.4 Å². The van der Waals surface area contributed by atoms with E-state index in [9.17, 15) is 0 Å². The number of hydrogen-bond acceptors (Lipinski definition) is 2. The van der Waals surface area contributed by atoms with E-state index in [0.29, 0.717) is 6.10 Å². The highest BCUT2D eigenvalue weighted by Gasteiger charge is 2.22. The standard InChI is InChI=1S/C22H29N3O.HI/c1-18-7-6-8-19(17-18)11-14-24-22(23-2)25-15-12-21(13-16-25)26-20-9-4-3-5-10-20;/h3-10,17,21H,11-16H2,1-2H3,(H,23,24);1H. The van der Waals surface area contributed by atoms with Crippen LogP contribution in [0.15, 0.2) is 59.6 Å². The maximum atomic E-state index is 6.08. The summed E-state index contributed by atoms with van der Waals surface area (Å²) in [6, 6.07) is 18.8. The molecule has 3 rings (SSSR count). The van der Waals surface area contributed by atoms with Gasteiger partial charge in [0.25, 0.3) is 0 Å². The number of halogens is 1. The van der Waals surface area contributed by atoms with Crippen molar-refractivity contribution < 1.29 is 4.74 Å². The van der Waals surface area contributed by atoms with Gasteiger partial charge in [-0.05, 0) is 31.0 Å². The first-order chi connectivity index (χ1) is 12.7. The summed E-state index contributed by atoms with van der Waals surface area (Å²) in [7, 11) is 1.86. The van der Waals surface area contributed by atoms with E-state index in [1.54, 1.807) is 0 Å². The summed E-state index contributed by atoms with van der Waals surface area (Å²) in [6.07, 6.45) is 3.34. The van der Waals surface area contributed by atoms with E-state index >= 15 is 0 Å². The Morgan fingerprint density at radius 2 is 1.85 bits per heavy atom. The van der Waals surface area contributed by atoms with Crippen LogP contribution in [0.25, 0.3) is 0 Å². The van der Waals surface area contributed by atoms with Gasteiger partial charge >= 0.3 is 0 Å². The molecule has 0 aliphatic carbocycles. The first-order valence-corrected chi connectivity index (χ1v) is 9.47. The third-order valence-corrected chi connectivity index (χ3v) is 4.78. The molecule has 1 N–H and O–H groups in total. The van der Waals surface area contributed by atoms with E-state index in [-0.39, 0.29) is 24.0 Å². The minimum absolute atomic E-state index is 0. The summed E-state index contributed by atoms with van der Waals surface area (Å²) >= 11 is 0. The molecule has 4 nitrogen and oxygen atoms in total.